The van der Waals surface area contributed by atoms with Crippen LogP contribution in [-0.4, -0.2) is 37.9 Å². The molecule has 19 heavy (non-hydrogen) atoms. The minimum atomic E-state index is -4.31. The Balaban J connectivity index is 2.02. The number of ether oxygens (including phenoxy) is 1. The quantitative estimate of drug-likeness (QED) is 0.727. The van der Waals surface area contributed by atoms with Gasteiger partial charge in [0, 0.05) is 19.0 Å². The SMILES string of the molecule is NC1CCC(CC(=O)NCCOCC(F)(F)F)CC1. The first kappa shape index (κ1) is 16.2. The summed E-state index contributed by atoms with van der Waals surface area (Å²) in [5, 5.41) is 2.56. The molecule has 0 aromatic heterocycles. The Hall–Kier alpha value is -0.820. The first-order valence-electron chi connectivity index (χ1n) is 6.53. The lowest BCUT2D eigenvalue weighted by Gasteiger charge is -2.25. The van der Waals surface area contributed by atoms with E-state index < -0.39 is 12.8 Å². The first-order chi connectivity index (χ1) is 8.87. The Labute approximate surface area is 110 Å². The number of nitrogens with one attached hydrogen (secondary N) is 1. The first-order valence-corrected chi connectivity index (χ1v) is 6.53. The van der Waals surface area contributed by atoms with Crippen LogP contribution in [0.5, 0.6) is 0 Å². The predicted octanol–water partition coefficient (Wildman–Crippen LogP) is 1.59. The van der Waals surface area contributed by atoms with Gasteiger partial charge in [-0.2, -0.15) is 13.2 Å². The molecule has 4 nitrogen and oxygen atoms in total. The Bertz CT molecular complexity index is 277. The van der Waals surface area contributed by atoms with Crippen molar-refractivity contribution in [2.24, 2.45) is 11.7 Å². The third kappa shape index (κ3) is 8.05. The molecule has 0 aliphatic heterocycles. The maximum Gasteiger partial charge on any atom is 0.411 e. The molecule has 1 saturated carbocycles. The number of carbonyl (C=O) groups is 1. The van der Waals surface area contributed by atoms with Crippen molar-refractivity contribution >= 4 is 5.91 Å². The molecule has 0 bridgehead atoms. The zero-order valence-electron chi connectivity index (χ0n) is 10.8. The van der Waals surface area contributed by atoms with Crippen LogP contribution >= 0.6 is 0 Å². The molecule has 0 aromatic rings. The highest BCUT2D eigenvalue weighted by Crippen LogP contribution is 2.25. The molecule has 112 valence electrons. The minimum absolute atomic E-state index is 0.112. The summed E-state index contributed by atoms with van der Waals surface area (Å²) in [5.74, 6) is 0.215. The summed E-state index contributed by atoms with van der Waals surface area (Å²) >= 11 is 0. The van der Waals surface area contributed by atoms with Crippen molar-refractivity contribution in [1.82, 2.24) is 5.32 Å². The summed E-state index contributed by atoms with van der Waals surface area (Å²) in [4.78, 5) is 11.5. The highest BCUT2D eigenvalue weighted by molar-refractivity contribution is 5.76. The fourth-order valence-corrected chi connectivity index (χ4v) is 2.18. The van der Waals surface area contributed by atoms with Gasteiger partial charge >= 0.3 is 6.18 Å². The number of hydrogen-bond donors (Lipinski definition) is 2. The molecule has 0 aromatic carbocycles. The van der Waals surface area contributed by atoms with Crippen molar-refractivity contribution in [2.45, 2.75) is 44.3 Å². The zero-order valence-corrected chi connectivity index (χ0v) is 10.8. The second-order valence-electron chi connectivity index (χ2n) is 5.00. The topological polar surface area (TPSA) is 64.4 Å². The van der Waals surface area contributed by atoms with Crippen LogP contribution in [-0.2, 0) is 9.53 Å². The molecule has 7 heteroatoms. The molecule has 0 radical (unpaired) electrons. The van der Waals surface area contributed by atoms with Gasteiger partial charge in [0.15, 0.2) is 0 Å². The van der Waals surface area contributed by atoms with Gasteiger partial charge in [-0.05, 0) is 31.6 Å². The highest BCUT2D eigenvalue weighted by atomic mass is 19.4. The fraction of sp³-hybridized carbons (Fsp3) is 0.917. The van der Waals surface area contributed by atoms with Crippen molar-refractivity contribution in [3.05, 3.63) is 0 Å². The van der Waals surface area contributed by atoms with Crippen molar-refractivity contribution in [2.75, 3.05) is 19.8 Å². The smallest absolute Gasteiger partial charge is 0.370 e. The van der Waals surface area contributed by atoms with Crippen molar-refractivity contribution in [3.63, 3.8) is 0 Å². The van der Waals surface area contributed by atoms with E-state index in [1.54, 1.807) is 0 Å². The Morgan fingerprint density at radius 1 is 1.26 bits per heavy atom. The zero-order chi connectivity index (χ0) is 14.3. The second-order valence-corrected chi connectivity index (χ2v) is 5.00. The third-order valence-corrected chi connectivity index (χ3v) is 3.20. The van der Waals surface area contributed by atoms with E-state index in [1.807, 2.05) is 0 Å². The number of halogens is 3. The van der Waals surface area contributed by atoms with Gasteiger partial charge in [0.1, 0.15) is 6.61 Å². The Morgan fingerprint density at radius 2 is 1.89 bits per heavy atom. The highest BCUT2D eigenvalue weighted by Gasteiger charge is 2.27. The Kier molecular flexibility index (Phi) is 6.57. The maximum atomic E-state index is 11.8. The molecule has 1 rings (SSSR count). The van der Waals surface area contributed by atoms with E-state index >= 15 is 0 Å². The molecule has 0 heterocycles. The number of amides is 1. The van der Waals surface area contributed by atoms with Crippen LogP contribution in [0.1, 0.15) is 32.1 Å². The molecule has 0 spiro atoms. The monoisotopic (exact) mass is 282 g/mol. The van der Waals surface area contributed by atoms with Crippen molar-refractivity contribution < 1.29 is 22.7 Å². The molecule has 1 fully saturated rings. The molecule has 1 aliphatic carbocycles. The van der Waals surface area contributed by atoms with Gasteiger partial charge in [-0.1, -0.05) is 0 Å². The van der Waals surface area contributed by atoms with Crippen molar-refractivity contribution in [3.8, 4) is 0 Å². The lowest BCUT2D eigenvalue weighted by Crippen LogP contribution is -2.32. The summed E-state index contributed by atoms with van der Waals surface area (Å²) < 4.78 is 39.7. The van der Waals surface area contributed by atoms with Crippen molar-refractivity contribution in [1.29, 1.82) is 0 Å². The second kappa shape index (κ2) is 7.69. The fourth-order valence-electron chi connectivity index (χ4n) is 2.18. The normalized spacial score (nSPS) is 24.2. The predicted molar refractivity (Wildman–Crippen MR) is 64.4 cm³/mol. The van der Waals surface area contributed by atoms with Crippen LogP contribution in [0.4, 0.5) is 13.2 Å². The van der Waals surface area contributed by atoms with Crippen LogP contribution in [0.2, 0.25) is 0 Å². The molecule has 1 aliphatic rings. The summed E-state index contributed by atoms with van der Waals surface area (Å²) in [6, 6.07) is 0.245. The lowest BCUT2D eigenvalue weighted by atomic mass is 9.84. The average Bonchev–Trinajstić information content (AvgIpc) is 2.30. The largest absolute Gasteiger partial charge is 0.411 e. The molecule has 3 N–H and O–H groups in total. The summed E-state index contributed by atoms with van der Waals surface area (Å²) in [6.07, 6.45) is -0.130. The van der Waals surface area contributed by atoms with Crippen LogP contribution in [0.15, 0.2) is 0 Å². The van der Waals surface area contributed by atoms with Gasteiger partial charge in [0.2, 0.25) is 5.91 Å². The van der Waals surface area contributed by atoms with Gasteiger partial charge in [-0.3, -0.25) is 4.79 Å². The van der Waals surface area contributed by atoms with E-state index in [-0.39, 0.29) is 25.1 Å². The standard InChI is InChI=1S/C12H21F3N2O2/c13-12(14,15)8-19-6-5-17-11(18)7-9-1-3-10(16)4-2-9/h9-10H,1-8,16H2,(H,17,18). The summed E-state index contributed by atoms with van der Waals surface area (Å²) in [5.41, 5.74) is 5.77. The van der Waals surface area contributed by atoms with Crippen LogP contribution in [0, 0.1) is 5.92 Å². The van der Waals surface area contributed by atoms with Gasteiger partial charge in [-0.25, -0.2) is 0 Å². The lowest BCUT2D eigenvalue weighted by molar-refractivity contribution is -0.173. The number of hydrogen-bond acceptors (Lipinski definition) is 3. The molecule has 0 saturated heterocycles. The van der Waals surface area contributed by atoms with Crippen LogP contribution in [0.3, 0.4) is 0 Å². The third-order valence-electron chi connectivity index (χ3n) is 3.20. The van der Waals surface area contributed by atoms with Gasteiger partial charge in [0.05, 0.1) is 6.61 Å². The van der Waals surface area contributed by atoms with Crippen LogP contribution in [0.25, 0.3) is 0 Å². The minimum Gasteiger partial charge on any atom is -0.370 e. The number of nitrogens with two attached hydrogens (primary N) is 1. The number of alkyl halides is 3. The van der Waals surface area contributed by atoms with E-state index in [0.29, 0.717) is 12.3 Å². The van der Waals surface area contributed by atoms with Gasteiger partial charge in [0.25, 0.3) is 0 Å². The maximum absolute atomic E-state index is 11.8. The van der Waals surface area contributed by atoms with E-state index in [4.69, 9.17) is 5.73 Å². The molecular weight excluding hydrogens is 261 g/mol. The van der Waals surface area contributed by atoms with E-state index in [1.165, 1.54) is 0 Å². The van der Waals surface area contributed by atoms with E-state index in [9.17, 15) is 18.0 Å². The summed E-state index contributed by atoms with van der Waals surface area (Å²) in [6.45, 7) is -1.29. The van der Waals surface area contributed by atoms with Gasteiger partial charge < -0.3 is 15.8 Å². The Morgan fingerprint density at radius 3 is 2.47 bits per heavy atom. The summed E-state index contributed by atoms with van der Waals surface area (Å²) in [7, 11) is 0. The molecule has 0 unspecified atom stereocenters. The van der Waals surface area contributed by atoms with Crippen LogP contribution < -0.4 is 11.1 Å². The average molecular weight is 282 g/mol. The molecule has 1 amide bonds. The van der Waals surface area contributed by atoms with E-state index in [2.05, 4.69) is 10.1 Å². The van der Waals surface area contributed by atoms with Gasteiger partial charge in [-0.15, -0.1) is 0 Å². The number of rotatable bonds is 6. The number of carbonyl (C=O) groups excluding carboxylic acids is 1. The molecular formula is C12H21F3N2O2. The molecule has 0 atom stereocenters. The van der Waals surface area contributed by atoms with E-state index in [0.717, 1.165) is 25.7 Å².